The first kappa shape index (κ1) is 14.8. The number of aliphatic hydroxyl groups excluding tert-OH is 1. The van der Waals surface area contributed by atoms with Gasteiger partial charge in [0.2, 0.25) is 0 Å². The molecule has 0 aliphatic heterocycles. The molecule has 0 spiro atoms. The maximum absolute atomic E-state index is 13.5. The zero-order chi connectivity index (χ0) is 14.5. The molecule has 1 N–H and O–H groups in total. The minimum atomic E-state index is -1.49. The first-order chi connectivity index (χ1) is 9.60. The number of carbonyl (C=O) groups excluding carboxylic acids is 1. The van der Waals surface area contributed by atoms with Crippen LogP contribution in [0, 0.1) is 11.7 Å². The average molecular weight is 282 g/mol. The smallest absolute Gasteiger partial charge is 0.339 e. The van der Waals surface area contributed by atoms with Crippen LogP contribution in [0.15, 0.2) is 18.2 Å². The Bertz CT molecular complexity index is 471. The van der Waals surface area contributed by atoms with Crippen molar-refractivity contribution in [3.63, 3.8) is 0 Å². The molecule has 1 aromatic carbocycles. The Labute approximate surface area is 117 Å². The number of benzene rings is 1. The van der Waals surface area contributed by atoms with E-state index in [1.807, 2.05) is 0 Å². The van der Waals surface area contributed by atoms with Gasteiger partial charge in [0, 0.05) is 6.07 Å². The van der Waals surface area contributed by atoms with Crippen molar-refractivity contribution in [1.82, 2.24) is 0 Å². The summed E-state index contributed by atoms with van der Waals surface area (Å²) in [6.45, 7) is 2.35. The zero-order valence-corrected chi connectivity index (χ0v) is 11.5. The Hall–Kier alpha value is -1.62. The SMILES string of the molecule is CCOC(=O)C(O)c1cc(F)cc(OCC2CCC2)c1. The maximum atomic E-state index is 13.5. The van der Waals surface area contributed by atoms with E-state index in [0.717, 1.165) is 18.9 Å². The van der Waals surface area contributed by atoms with Crippen LogP contribution in [-0.4, -0.2) is 24.3 Å². The van der Waals surface area contributed by atoms with Crippen LogP contribution >= 0.6 is 0 Å². The van der Waals surface area contributed by atoms with Crippen LogP contribution in [0.1, 0.15) is 37.9 Å². The summed E-state index contributed by atoms with van der Waals surface area (Å²) in [6.07, 6.45) is 1.99. The molecule has 1 aliphatic carbocycles. The third-order valence-electron chi connectivity index (χ3n) is 3.43. The summed E-state index contributed by atoms with van der Waals surface area (Å²) in [6, 6.07) is 3.83. The van der Waals surface area contributed by atoms with Gasteiger partial charge >= 0.3 is 5.97 Å². The lowest BCUT2D eigenvalue weighted by Crippen LogP contribution is -2.19. The van der Waals surface area contributed by atoms with Crippen LogP contribution in [0.2, 0.25) is 0 Å². The predicted molar refractivity (Wildman–Crippen MR) is 70.8 cm³/mol. The lowest BCUT2D eigenvalue weighted by Gasteiger charge is -2.25. The summed E-state index contributed by atoms with van der Waals surface area (Å²) in [7, 11) is 0. The van der Waals surface area contributed by atoms with E-state index < -0.39 is 17.9 Å². The number of carbonyl (C=O) groups is 1. The number of hydrogen-bond acceptors (Lipinski definition) is 4. The van der Waals surface area contributed by atoms with Gasteiger partial charge in [0.1, 0.15) is 11.6 Å². The summed E-state index contributed by atoms with van der Waals surface area (Å²) in [5.74, 6) is -0.482. The molecular weight excluding hydrogens is 263 g/mol. The first-order valence-corrected chi connectivity index (χ1v) is 6.88. The highest BCUT2D eigenvalue weighted by atomic mass is 19.1. The number of esters is 1. The van der Waals surface area contributed by atoms with Crippen LogP contribution in [0.25, 0.3) is 0 Å². The largest absolute Gasteiger partial charge is 0.493 e. The van der Waals surface area contributed by atoms with Crippen molar-refractivity contribution in [3.05, 3.63) is 29.6 Å². The van der Waals surface area contributed by atoms with Crippen molar-refractivity contribution in [2.24, 2.45) is 5.92 Å². The predicted octanol–water partition coefficient (Wildman–Crippen LogP) is 2.60. The quantitative estimate of drug-likeness (QED) is 0.815. The van der Waals surface area contributed by atoms with Crippen LogP contribution in [0.3, 0.4) is 0 Å². The fourth-order valence-electron chi connectivity index (χ4n) is 2.06. The molecule has 0 aromatic heterocycles. The van der Waals surface area contributed by atoms with Crippen molar-refractivity contribution in [2.45, 2.75) is 32.3 Å². The number of ether oxygens (including phenoxy) is 2. The Kier molecular flexibility index (Phi) is 4.95. The molecule has 0 radical (unpaired) electrons. The van der Waals surface area contributed by atoms with Gasteiger partial charge in [-0.3, -0.25) is 0 Å². The Morgan fingerprint density at radius 1 is 1.45 bits per heavy atom. The second kappa shape index (κ2) is 6.70. The lowest BCUT2D eigenvalue weighted by molar-refractivity contribution is -0.153. The van der Waals surface area contributed by atoms with E-state index >= 15 is 0 Å². The van der Waals surface area contributed by atoms with E-state index in [0.29, 0.717) is 18.3 Å². The van der Waals surface area contributed by atoms with Gasteiger partial charge in [0.25, 0.3) is 0 Å². The van der Waals surface area contributed by atoms with Gasteiger partial charge < -0.3 is 14.6 Å². The second-order valence-corrected chi connectivity index (χ2v) is 4.98. The van der Waals surface area contributed by atoms with Gasteiger partial charge in [-0.25, -0.2) is 9.18 Å². The van der Waals surface area contributed by atoms with E-state index in [1.165, 1.54) is 18.6 Å². The fourth-order valence-corrected chi connectivity index (χ4v) is 2.06. The number of aliphatic hydroxyl groups is 1. The van der Waals surface area contributed by atoms with E-state index in [-0.39, 0.29) is 12.2 Å². The van der Waals surface area contributed by atoms with Crippen LogP contribution in [-0.2, 0) is 9.53 Å². The number of halogens is 1. The lowest BCUT2D eigenvalue weighted by atomic mass is 9.86. The van der Waals surface area contributed by atoms with Crippen molar-refractivity contribution in [2.75, 3.05) is 13.2 Å². The summed E-state index contributed by atoms with van der Waals surface area (Å²) >= 11 is 0. The molecule has 2 rings (SSSR count). The van der Waals surface area contributed by atoms with Gasteiger partial charge in [0.05, 0.1) is 13.2 Å². The molecule has 1 atom stereocenters. The molecule has 4 nitrogen and oxygen atoms in total. The highest BCUT2D eigenvalue weighted by molar-refractivity contribution is 5.76. The summed E-state index contributed by atoms with van der Waals surface area (Å²) in [5, 5.41) is 9.81. The zero-order valence-electron chi connectivity index (χ0n) is 11.5. The Morgan fingerprint density at radius 3 is 2.80 bits per heavy atom. The molecule has 0 heterocycles. The Morgan fingerprint density at radius 2 is 2.20 bits per heavy atom. The molecule has 0 bridgehead atoms. The van der Waals surface area contributed by atoms with E-state index in [4.69, 9.17) is 9.47 Å². The molecule has 5 heteroatoms. The maximum Gasteiger partial charge on any atom is 0.339 e. The summed E-state index contributed by atoms with van der Waals surface area (Å²) < 4.78 is 23.7. The number of hydrogen-bond donors (Lipinski definition) is 1. The van der Waals surface area contributed by atoms with Gasteiger partial charge in [-0.2, -0.15) is 0 Å². The third-order valence-corrected chi connectivity index (χ3v) is 3.43. The van der Waals surface area contributed by atoms with Crippen LogP contribution < -0.4 is 4.74 Å². The highest BCUT2D eigenvalue weighted by Crippen LogP contribution is 2.28. The molecule has 0 saturated heterocycles. The fraction of sp³-hybridized carbons (Fsp3) is 0.533. The second-order valence-electron chi connectivity index (χ2n) is 4.98. The van der Waals surface area contributed by atoms with E-state index in [9.17, 15) is 14.3 Å². The standard InChI is InChI=1S/C15H19FO4/c1-2-19-15(18)14(17)11-6-12(16)8-13(7-11)20-9-10-4-3-5-10/h6-8,10,14,17H,2-5,9H2,1H3. The topological polar surface area (TPSA) is 55.8 Å². The normalized spacial score (nSPS) is 16.4. The molecule has 110 valence electrons. The van der Waals surface area contributed by atoms with Crippen molar-refractivity contribution in [1.29, 1.82) is 0 Å². The molecular formula is C15H19FO4. The van der Waals surface area contributed by atoms with Crippen molar-refractivity contribution < 1.29 is 23.8 Å². The number of rotatable bonds is 6. The molecule has 1 saturated carbocycles. The van der Waals surface area contributed by atoms with Gasteiger partial charge in [-0.1, -0.05) is 6.42 Å². The van der Waals surface area contributed by atoms with Gasteiger partial charge in [-0.15, -0.1) is 0 Å². The van der Waals surface area contributed by atoms with E-state index in [1.54, 1.807) is 6.92 Å². The monoisotopic (exact) mass is 282 g/mol. The molecule has 1 unspecified atom stereocenters. The molecule has 0 amide bonds. The van der Waals surface area contributed by atoms with Gasteiger partial charge in [-0.05, 0) is 43.4 Å². The minimum Gasteiger partial charge on any atom is -0.493 e. The summed E-state index contributed by atoms with van der Waals surface area (Å²) in [5.41, 5.74) is 0.145. The Balaban J connectivity index is 2.04. The average Bonchev–Trinajstić information content (AvgIpc) is 2.35. The van der Waals surface area contributed by atoms with Crippen LogP contribution in [0.4, 0.5) is 4.39 Å². The summed E-state index contributed by atoms with van der Waals surface area (Å²) in [4.78, 5) is 11.5. The molecule has 1 fully saturated rings. The van der Waals surface area contributed by atoms with Crippen molar-refractivity contribution >= 4 is 5.97 Å². The molecule has 20 heavy (non-hydrogen) atoms. The van der Waals surface area contributed by atoms with Crippen molar-refractivity contribution in [3.8, 4) is 5.75 Å². The first-order valence-electron chi connectivity index (χ1n) is 6.88. The van der Waals surface area contributed by atoms with Crippen LogP contribution in [0.5, 0.6) is 5.75 Å². The van der Waals surface area contributed by atoms with Gasteiger partial charge in [0.15, 0.2) is 6.10 Å². The molecule has 1 aliphatic rings. The molecule has 1 aromatic rings. The highest BCUT2D eigenvalue weighted by Gasteiger charge is 2.21. The third kappa shape index (κ3) is 3.70. The minimum absolute atomic E-state index is 0.145. The van der Waals surface area contributed by atoms with E-state index in [2.05, 4.69) is 0 Å².